The number of rotatable bonds is 8. The van der Waals surface area contributed by atoms with E-state index in [1.165, 1.54) is 22.3 Å². The average Bonchev–Trinajstić information content (AvgIpc) is 3.79. The maximum absolute atomic E-state index is 6.79. The fraction of sp³-hybridized carbons (Fsp3) is 0. The highest BCUT2D eigenvalue weighted by Gasteiger charge is 2.20. The van der Waals surface area contributed by atoms with Crippen molar-refractivity contribution in [3.05, 3.63) is 237 Å². The summed E-state index contributed by atoms with van der Waals surface area (Å²) in [5.41, 5.74) is 15.8. The maximum atomic E-state index is 6.79. The van der Waals surface area contributed by atoms with Gasteiger partial charge in [-0.15, -0.1) is 0 Å². The minimum atomic E-state index is 0.580. The molecule has 0 N–H and O–H groups in total. The summed E-state index contributed by atoms with van der Waals surface area (Å²) < 4.78 is 6.79. The van der Waals surface area contributed by atoms with Crippen molar-refractivity contribution in [2.75, 3.05) is 0 Å². The summed E-state index contributed by atoms with van der Waals surface area (Å²) in [6, 6.07) is 82.9. The van der Waals surface area contributed by atoms with Gasteiger partial charge in [-0.25, -0.2) is 15.0 Å². The third-order valence-corrected chi connectivity index (χ3v) is 12.4. The zero-order chi connectivity index (χ0) is 43.1. The Hall–Kier alpha value is -8.73. The Kier molecular flexibility index (Phi) is 9.46. The van der Waals surface area contributed by atoms with Gasteiger partial charge in [-0.05, 0) is 85.1 Å². The summed E-state index contributed by atoms with van der Waals surface area (Å²) in [6.07, 6.45) is 0. The molecule has 0 amide bonds. The zero-order valence-corrected chi connectivity index (χ0v) is 35.3. The Balaban J connectivity index is 0.968. The molecule has 0 saturated heterocycles. The molecular weight excluding hydrogens is 791 g/mol. The number of furan rings is 1. The normalized spacial score (nSPS) is 11.4. The first-order valence-corrected chi connectivity index (χ1v) is 21.9. The fourth-order valence-corrected chi connectivity index (χ4v) is 9.01. The van der Waals surface area contributed by atoms with Crippen molar-refractivity contribution in [1.29, 1.82) is 0 Å². The van der Waals surface area contributed by atoms with Gasteiger partial charge in [0.2, 0.25) is 0 Å². The van der Waals surface area contributed by atoms with E-state index < -0.39 is 0 Å². The van der Waals surface area contributed by atoms with Crippen molar-refractivity contribution in [3.63, 3.8) is 0 Å². The molecule has 0 radical (unpaired) electrons. The van der Waals surface area contributed by atoms with Gasteiger partial charge in [0.05, 0.1) is 0 Å². The van der Waals surface area contributed by atoms with E-state index >= 15 is 0 Å². The van der Waals surface area contributed by atoms with Crippen LogP contribution in [0.3, 0.4) is 0 Å². The molecule has 2 heterocycles. The molecule has 0 fully saturated rings. The van der Waals surface area contributed by atoms with Crippen LogP contribution in [0.25, 0.3) is 123 Å². The lowest BCUT2D eigenvalue weighted by atomic mass is 9.96. The summed E-state index contributed by atoms with van der Waals surface area (Å²) in [4.78, 5) is 15.7. The Labute approximate surface area is 376 Å². The third kappa shape index (κ3) is 7.23. The van der Waals surface area contributed by atoms with E-state index in [1.54, 1.807) is 0 Å². The smallest absolute Gasteiger partial charge is 0.164 e. The monoisotopic (exact) mass is 829 g/mol. The van der Waals surface area contributed by atoms with Crippen LogP contribution in [-0.2, 0) is 0 Å². The topological polar surface area (TPSA) is 51.8 Å². The second kappa shape index (κ2) is 16.2. The Morgan fingerprint density at radius 1 is 0.262 bits per heavy atom. The first kappa shape index (κ1) is 38.0. The van der Waals surface area contributed by atoms with Gasteiger partial charge in [-0.3, -0.25) is 0 Å². The SMILES string of the molecule is c1ccc(-c2ccc(-c3nc(-c4ccc5ccc(-c6ccccc6)cc5c4)nc(-c4cccc5oc6c(-c7ccc(-c8cccc(-c9ccccc9)c8)cc7)cccc6c45)n3)cc2)cc1. The zero-order valence-electron chi connectivity index (χ0n) is 35.3. The van der Waals surface area contributed by atoms with E-state index in [1.807, 2.05) is 24.3 Å². The van der Waals surface area contributed by atoms with Crippen LogP contribution >= 0.6 is 0 Å². The number of hydrogen-bond donors (Lipinski definition) is 0. The fourth-order valence-electron chi connectivity index (χ4n) is 9.01. The van der Waals surface area contributed by atoms with Crippen molar-refractivity contribution in [2.24, 2.45) is 0 Å². The predicted molar refractivity (Wildman–Crippen MR) is 268 cm³/mol. The molecule has 4 heteroatoms. The van der Waals surface area contributed by atoms with Gasteiger partial charge in [0.25, 0.3) is 0 Å². The molecule has 0 atom stereocenters. The number of para-hydroxylation sites is 1. The van der Waals surface area contributed by atoms with Gasteiger partial charge >= 0.3 is 0 Å². The molecule has 12 rings (SSSR count). The van der Waals surface area contributed by atoms with Crippen LogP contribution < -0.4 is 0 Å². The average molecular weight is 830 g/mol. The molecule has 0 bridgehead atoms. The molecule has 2 aromatic heterocycles. The molecule has 0 aliphatic carbocycles. The minimum Gasteiger partial charge on any atom is -0.455 e. The standard InChI is InChI=1S/C61H39N3O/c1-4-13-40(14-5-1)43-27-33-47(34-28-43)59-62-60(51-36-30-45-29-35-50(38-52(45)39-51)42-17-8-3-9-18-42)64-61(63-59)55-23-12-24-56-57(55)54-22-11-21-53(58(54)65-56)46-31-25-44(26-32-46)49-20-10-19-48(37-49)41-15-6-2-7-16-41/h1-39H. The van der Waals surface area contributed by atoms with E-state index in [-0.39, 0.29) is 0 Å². The number of benzene rings is 10. The molecule has 0 aliphatic rings. The van der Waals surface area contributed by atoms with Crippen LogP contribution in [0.15, 0.2) is 241 Å². The summed E-state index contributed by atoms with van der Waals surface area (Å²) in [5, 5.41) is 4.23. The maximum Gasteiger partial charge on any atom is 0.164 e. The van der Waals surface area contributed by atoms with Crippen LogP contribution in [0, 0.1) is 0 Å². The second-order valence-corrected chi connectivity index (χ2v) is 16.4. The van der Waals surface area contributed by atoms with Gasteiger partial charge in [0.15, 0.2) is 17.5 Å². The summed E-state index contributed by atoms with van der Waals surface area (Å²) in [7, 11) is 0. The Morgan fingerprint density at radius 3 is 1.35 bits per heavy atom. The number of aromatic nitrogens is 3. The molecule has 0 unspecified atom stereocenters. The number of hydrogen-bond acceptors (Lipinski definition) is 4. The first-order valence-electron chi connectivity index (χ1n) is 21.9. The van der Waals surface area contributed by atoms with Gasteiger partial charge in [-0.1, -0.05) is 212 Å². The van der Waals surface area contributed by atoms with Crippen LogP contribution in [0.5, 0.6) is 0 Å². The molecular formula is C61H39N3O. The van der Waals surface area contributed by atoms with Gasteiger partial charge in [-0.2, -0.15) is 0 Å². The molecule has 0 saturated carbocycles. The van der Waals surface area contributed by atoms with Crippen molar-refractivity contribution in [3.8, 4) is 89.8 Å². The predicted octanol–water partition coefficient (Wildman–Crippen LogP) is 16.3. The summed E-state index contributed by atoms with van der Waals surface area (Å²) in [6.45, 7) is 0. The lowest BCUT2D eigenvalue weighted by Crippen LogP contribution is -2.00. The lowest BCUT2D eigenvalue weighted by Gasteiger charge is -2.11. The highest BCUT2D eigenvalue weighted by molar-refractivity contribution is 6.15. The molecule has 65 heavy (non-hydrogen) atoms. The van der Waals surface area contributed by atoms with E-state index in [2.05, 4.69) is 212 Å². The number of nitrogens with zero attached hydrogens (tertiary/aromatic N) is 3. The van der Waals surface area contributed by atoms with Gasteiger partial charge in [0, 0.05) is 33.0 Å². The van der Waals surface area contributed by atoms with Crippen LogP contribution in [-0.4, -0.2) is 15.0 Å². The second-order valence-electron chi connectivity index (χ2n) is 16.4. The van der Waals surface area contributed by atoms with Crippen LogP contribution in [0.4, 0.5) is 0 Å². The highest BCUT2D eigenvalue weighted by Crippen LogP contribution is 2.41. The largest absolute Gasteiger partial charge is 0.455 e. The summed E-state index contributed by atoms with van der Waals surface area (Å²) in [5.74, 6) is 1.78. The molecule has 10 aromatic carbocycles. The molecule has 304 valence electrons. The van der Waals surface area contributed by atoms with Gasteiger partial charge in [0.1, 0.15) is 11.2 Å². The Morgan fingerprint density at radius 2 is 0.692 bits per heavy atom. The van der Waals surface area contributed by atoms with Gasteiger partial charge < -0.3 is 4.42 Å². The van der Waals surface area contributed by atoms with E-state index in [4.69, 9.17) is 19.4 Å². The van der Waals surface area contributed by atoms with Crippen LogP contribution in [0.1, 0.15) is 0 Å². The van der Waals surface area contributed by atoms with Crippen LogP contribution in [0.2, 0.25) is 0 Å². The molecule has 0 aliphatic heterocycles. The molecule has 12 aromatic rings. The lowest BCUT2D eigenvalue weighted by molar-refractivity contribution is 0.670. The Bertz CT molecular complexity index is 3670. The molecule has 4 nitrogen and oxygen atoms in total. The first-order chi connectivity index (χ1) is 32.2. The van der Waals surface area contributed by atoms with E-state index in [9.17, 15) is 0 Å². The van der Waals surface area contributed by atoms with Crippen molar-refractivity contribution < 1.29 is 4.42 Å². The van der Waals surface area contributed by atoms with Crippen molar-refractivity contribution in [2.45, 2.75) is 0 Å². The van der Waals surface area contributed by atoms with Crippen molar-refractivity contribution in [1.82, 2.24) is 15.0 Å². The van der Waals surface area contributed by atoms with E-state index in [0.717, 1.165) is 82.8 Å². The highest BCUT2D eigenvalue weighted by atomic mass is 16.3. The van der Waals surface area contributed by atoms with Crippen molar-refractivity contribution >= 4 is 32.7 Å². The summed E-state index contributed by atoms with van der Waals surface area (Å²) >= 11 is 0. The quantitative estimate of drug-likeness (QED) is 0.153. The van der Waals surface area contributed by atoms with E-state index in [0.29, 0.717) is 17.5 Å². The minimum absolute atomic E-state index is 0.580. The molecule has 0 spiro atoms. The third-order valence-electron chi connectivity index (χ3n) is 12.4. The number of fused-ring (bicyclic) bond motifs is 4.